The lowest BCUT2D eigenvalue weighted by atomic mass is 10.0. The standard InChI is InChI=1S/C36H39Cl2N3O5S/c1-5-46-29-19-17-28(18-20-29)41(47(44,45)30-14-10-7-11-15-30)25-34(42)40(24-27-16-21-31(37)32(38)22-27)33(35(43)39-36(2,3)4)23-26-12-8-6-9-13-26/h6-22,33H,5,23-25H2,1-4H3,(H,39,43). The molecule has 2 amide bonds. The van der Waals surface area contributed by atoms with Crippen molar-refractivity contribution in [1.29, 1.82) is 0 Å². The maximum Gasteiger partial charge on any atom is 0.264 e. The van der Waals surface area contributed by atoms with Gasteiger partial charge in [-0.05, 0) is 87.4 Å². The first-order chi connectivity index (χ1) is 22.3. The smallest absolute Gasteiger partial charge is 0.264 e. The molecule has 1 unspecified atom stereocenters. The van der Waals surface area contributed by atoms with E-state index in [1.165, 1.54) is 17.0 Å². The molecule has 0 aliphatic heterocycles. The van der Waals surface area contributed by atoms with Crippen LogP contribution in [0.15, 0.2) is 108 Å². The van der Waals surface area contributed by atoms with E-state index in [0.717, 1.165) is 9.87 Å². The predicted molar refractivity (Wildman–Crippen MR) is 187 cm³/mol. The van der Waals surface area contributed by atoms with Gasteiger partial charge in [-0.1, -0.05) is 77.8 Å². The normalized spacial score (nSPS) is 12.2. The highest BCUT2D eigenvalue weighted by molar-refractivity contribution is 7.92. The molecule has 0 aliphatic carbocycles. The summed E-state index contributed by atoms with van der Waals surface area (Å²) in [5.41, 5.74) is 1.11. The summed E-state index contributed by atoms with van der Waals surface area (Å²) in [5, 5.41) is 3.65. The molecule has 0 radical (unpaired) electrons. The number of carbonyl (C=O) groups excluding carboxylic acids is 2. The molecule has 11 heteroatoms. The third kappa shape index (κ3) is 9.73. The molecule has 4 aromatic rings. The molecule has 0 bridgehead atoms. The average molecular weight is 697 g/mol. The number of carbonyl (C=O) groups is 2. The molecule has 1 N–H and O–H groups in total. The fraction of sp³-hybridized carbons (Fsp3) is 0.278. The van der Waals surface area contributed by atoms with Crippen molar-refractivity contribution < 1.29 is 22.7 Å². The lowest BCUT2D eigenvalue weighted by Crippen LogP contribution is -2.56. The zero-order valence-corrected chi connectivity index (χ0v) is 29.1. The Morgan fingerprint density at radius 2 is 1.45 bits per heavy atom. The Hall–Kier alpha value is -4.05. The summed E-state index contributed by atoms with van der Waals surface area (Å²) in [6, 6.07) is 27.7. The van der Waals surface area contributed by atoms with E-state index in [4.69, 9.17) is 27.9 Å². The van der Waals surface area contributed by atoms with Gasteiger partial charge in [0.1, 0.15) is 18.3 Å². The first kappa shape index (κ1) is 35.8. The molecular formula is C36H39Cl2N3O5S. The fourth-order valence-electron chi connectivity index (χ4n) is 4.97. The van der Waals surface area contributed by atoms with Crippen LogP contribution in [0.25, 0.3) is 0 Å². The SMILES string of the molecule is CCOc1ccc(N(CC(=O)N(Cc2ccc(Cl)c(Cl)c2)C(Cc2ccccc2)C(=O)NC(C)(C)C)S(=O)(=O)c2ccccc2)cc1. The summed E-state index contributed by atoms with van der Waals surface area (Å²) < 4.78 is 34.9. The van der Waals surface area contributed by atoms with Crippen molar-refractivity contribution in [1.82, 2.24) is 10.2 Å². The van der Waals surface area contributed by atoms with Crippen molar-refractivity contribution in [3.63, 3.8) is 0 Å². The summed E-state index contributed by atoms with van der Waals surface area (Å²) in [6.07, 6.45) is 0.185. The second-order valence-electron chi connectivity index (χ2n) is 12.0. The van der Waals surface area contributed by atoms with Gasteiger partial charge in [0.2, 0.25) is 11.8 Å². The van der Waals surface area contributed by atoms with E-state index < -0.39 is 34.1 Å². The molecular weight excluding hydrogens is 657 g/mol. The number of rotatable bonds is 13. The highest BCUT2D eigenvalue weighted by Gasteiger charge is 2.35. The molecule has 8 nitrogen and oxygen atoms in total. The Morgan fingerprint density at radius 1 is 0.830 bits per heavy atom. The van der Waals surface area contributed by atoms with E-state index in [2.05, 4.69) is 5.32 Å². The van der Waals surface area contributed by atoms with Crippen LogP contribution in [0.5, 0.6) is 5.75 Å². The van der Waals surface area contributed by atoms with Crippen LogP contribution in [0.3, 0.4) is 0 Å². The van der Waals surface area contributed by atoms with Gasteiger partial charge in [-0.3, -0.25) is 13.9 Å². The molecule has 4 rings (SSSR count). The fourth-order valence-corrected chi connectivity index (χ4v) is 6.72. The monoisotopic (exact) mass is 695 g/mol. The van der Waals surface area contributed by atoms with Crippen molar-refractivity contribution in [2.45, 2.75) is 57.1 Å². The van der Waals surface area contributed by atoms with E-state index in [1.54, 1.807) is 60.7 Å². The zero-order valence-electron chi connectivity index (χ0n) is 26.8. The lowest BCUT2D eigenvalue weighted by Gasteiger charge is -2.35. The number of hydrogen-bond acceptors (Lipinski definition) is 5. The largest absolute Gasteiger partial charge is 0.494 e. The number of nitrogens with zero attached hydrogens (tertiary/aromatic N) is 2. The lowest BCUT2D eigenvalue weighted by molar-refractivity contribution is -0.140. The first-order valence-corrected chi connectivity index (χ1v) is 17.4. The quantitative estimate of drug-likeness (QED) is 0.160. The molecule has 0 spiro atoms. The van der Waals surface area contributed by atoms with Gasteiger partial charge >= 0.3 is 0 Å². The van der Waals surface area contributed by atoms with E-state index >= 15 is 0 Å². The Balaban J connectivity index is 1.82. The minimum atomic E-state index is -4.22. The van der Waals surface area contributed by atoms with Crippen LogP contribution in [0.2, 0.25) is 10.0 Å². The third-order valence-electron chi connectivity index (χ3n) is 7.15. The summed E-state index contributed by atoms with van der Waals surface area (Å²) >= 11 is 12.5. The van der Waals surface area contributed by atoms with Gasteiger partial charge in [0, 0.05) is 18.5 Å². The molecule has 0 heterocycles. The summed E-state index contributed by atoms with van der Waals surface area (Å²) in [7, 11) is -4.22. The maximum absolute atomic E-state index is 14.6. The van der Waals surface area contributed by atoms with Gasteiger partial charge in [0.05, 0.1) is 27.2 Å². The second-order valence-corrected chi connectivity index (χ2v) is 14.6. The van der Waals surface area contributed by atoms with Gasteiger partial charge in [-0.2, -0.15) is 0 Å². The van der Waals surface area contributed by atoms with E-state index in [-0.39, 0.29) is 34.5 Å². The molecule has 4 aromatic carbocycles. The molecule has 47 heavy (non-hydrogen) atoms. The predicted octanol–water partition coefficient (Wildman–Crippen LogP) is 7.14. The van der Waals surface area contributed by atoms with Crippen LogP contribution < -0.4 is 14.4 Å². The van der Waals surface area contributed by atoms with Crippen molar-refractivity contribution >= 4 is 50.7 Å². The van der Waals surface area contributed by atoms with Gasteiger partial charge in [0.25, 0.3) is 10.0 Å². The topological polar surface area (TPSA) is 96.0 Å². The van der Waals surface area contributed by atoms with Crippen molar-refractivity contribution in [3.8, 4) is 5.75 Å². The molecule has 0 aliphatic rings. The van der Waals surface area contributed by atoms with Crippen molar-refractivity contribution in [2.24, 2.45) is 0 Å². The molecule has 0 fully saturated rings. The number of nitrogens with one attached hydrogen (secondary N) is 1. The number of hydrogen-bond donors (Lipinski definition) is 1. The van der Waals surface area contributed by atoms with E-state index in [1.807, 2.05) is 58.0 Å². The van der Waals surface area contributed by atoms with Crippen LogP contribution >= 0.6 is 23.2 Å². The van der Waals surface area contributed by atoms with Gasteiger partial charge < -0.3 is 15.0 Å². The van der Waals surface area contributed by atoms with Crippen LogP contribution in [0.4, 0.5) is 5.69 Å². The Bertz CT molecular complexity index is 1760. The molecule has 0 aromatic heterocycles. The average Bonchev–Trinajstić information content (AvgIpc) is 3.03. The maximum atomic E-state index is 14.6. The minimum absolute atomic E-state index is 0.0176. The van der Waals surface area contributed by atoms with Gasteiger partial charge in [-0.15, -0.1) is 0 Å². The minimum Gasteiger partial charge on any atom is -0.494 e. The molecule has 0 saturated carbocycles. The van der Waals surface area contributed by atoms with Crippen molar-refractivity contribution in [2.75, 3.05) is 17.5 Å². The van der Waals surface area contributed by atoms with Gasteiger partial charge in [0.15, 0.2) is 0 Å². The highest BCUT2D eigenvalue weighted by Crippen LogP contribution is 2.28. The molecule has 0 saturated heterocycles. The van der Waals surface area contributed by atoms with Crippen molar-refractivity contribution in [3.05, 3.63) is 124 Å². The number of benzene rings is 4. The summed E-state index contributed by atoms with van der Waals surface area (Å²) in [6.45, 7) is 7.24. The molecule has 248 valence electrons. The zero-order chi connectivity index (χ0) is 34.2. The number of ether oxygens (including phenoxy) is 1. The number of anilines is 1. The van der Waals surface area contributed by atoms with Crippen LogP contribution in [0.1, 0.15) is 38.8 Å². The van der Waals surface area contributed by atoms with Crippen LogP contribution in [-0.2, 0) is 32.6 Å². The van der Waals surface area contributed by atoms with Crippen LogP contribution in [-0.4, -0.2) is 49.9 Å². The summed E-state index contributed by atoms with van der Waals surface area (Å²) in [5.74, 6) is -0.412. The number of sulfonamides is 1. The van der Waals surface area contributed by atoms with E-state index in [9.17, 15) is 18.0 Å². The van der Waals surface area contributed by atoms with E-state index in [0.29, 0.717) is 22.9 Å². The summed E-state index contributed by atoms with van der Waals surface area (Å²) in [4.78, 5) is 30.0. The number of halogens is 2. The Labute approximate surface area is 287 Å². The van der Waals surface area contributed by atoms with Crippen LogP contribution in [0, 0.1) is 0 Å². The Kier molecular flexibility index (Phi) is 12.0. The second kappa shape index (κ2) is 15.7. The third-order valence-corrected chi connectivity index (χ3v) is 9.68. The first-order valence-electron chi connectivity index (χ1n) is 15.2. The molecule has 1 atom stereocenters. The Morgan fingerprint density at radius 3 is 2.02 bits per heavy atom. The highest BCUT2D eigenvalue weighted by atomic mass is 35.5. The van der Waals surface area contributed by atoms with Gasteiger partial charge in [-0.25, -0.2) is 8.42 Å². The number of amides is 2.